The topological polar surface area (TPSA) is 146 Å². The van der Waals surface area contributed by atoms with Crippen LogP contribution in [0.15, 0.2) is 24.6 Å². The molecule has 0 aliphatic carbocycles. The first-order valence-corrected chi connectivity index (χ1v) is 12.2. The van der Waals surface area contributed by atoms with E-state index in [2.05, 4.69) is 0 Å². The van der Waals surface area contributed by atoms with Crippen molar-refractivity contribution in [2.45, 2.75) is 40.7 Å². The molecular formula is C25H36N2O10. The van der Waals surface area contributed by atoms with Crippen LogP contribution >= 0.6 is 0 Å². The molecule has 1 saturated heterocycles. The van der Waals surface area contributed by atoms with Gasteiger partial charge in [-0.2, -0.15) is 0 Å². The number of piperazine rings is 1. The van der Waals surface area contributed by atoms with E-state index in [1.807, 2.05) is 16.7 Å². The highest BCUT2D eigenvalue weighted by Crippen LogP contribution is 2.14. The molecule has 0 N–H and O–H groups in total. The Morgan fingerprint density at radius 3 is 1.41 bits per heavy atom. The van der Waals surface area contributed by atoms with Gasteiger partial charge < -0.3 is 28.7 Å². The summed E-state index contributed by atoms with van der Waals surface area (Å²) in [5, 5.41) is 0. The maximum atomic E-state index is 12.6. The summed E-state index contributed by atoms with van der Waals surface area (Å²) >= 11 is 0. The third kappa shape index (κ3) is 9.70. The summed E-state index contributed by atoms with van der Waals surface area (Å²) < 4.78 is 19.3. The van der Waals surface area contributed by atoms with E-state index in [1.54, 1.807) is 27.7 Å². The van der Waals surface area contributed by atoms with Crippen molar-refractivity contribution in [3.8, 4) is 0 Å². The number of allylic oxidation sites excluding steroid dienone is 2. The van der Waals surface area contributed by atoms with Crippen LogP contribution in [0, 0.1) is 11.8 Å². The van der Waals surface area contributed by atoms with E-state index in [0.29, 0.717) is 19.6 Å². The lowest BCUT2D eigenvalue weighted by Crippen LogP contribution is -2.47. The summed E-state index contributed by atoms with van der Waals surface area (Å²) in [7, 11) is 0. The Kier molecular flexibility index (Phi) is 13.7. The first kappa shape index (κ1) is 31.3. The number of rotatable bonds is 14. The highest BCUT2D eigenvalue weighted by Gasteiger charge is 2.36. The van der Waals surface area contributed by atoms with Crippen molar-refractivity contribution in [2.24, 2.45) is 11.8 Å². The number of ketones is 2. The molecule has 0 aromatic carbocycles. The van der Waals surface area contributed by atoms with Gasteiger partial charge in [0.25, 0.3) is 0 Å². The van der Waals surface area contributed by atoms with Gasteiger partial charge in [-0.3, -0.25) is 28.8 Å². The molecule has 0 spiro atoms. The number of carbonyl (C=O) groups excluding carboxylic acids is 6. The SMILES string of the molecule is CCOC(=O)C(C(=O)C=CN1CCN(C=CC(=O)C(C(=O)OCC)C(=O)OCC)C(C)C1)C(=O)OCC. The Labute approximate surface area is 216 Å². The van der Waals surface area contributed by atoms with E-state index in [4.69, 9.17) is 18.9 Å². The van der Waals surface area contributed by atoms with Gasteiger partial charge >= 0.3 is 23.9 Å². The number of esters is 4. The molecule has 37 heavy (non-hydrogen) atoms. The van der Waals surface area contributed by atoms with Crippen LogP contribution in [0.4, 0.5) is 0 Å². The quantitative estimate of drug-likeness (QED) is 0.136. The Morgan fingerprint density at radius 2 is 1.05 bits per heavy atom. The van der Waals surface area contributed by atoms with Gasteiger partial charge in [0.1, 0.15) is 0 Å². The lowest BCUT2D eigenvalue weighted by Gasteiger charge is -2.39. The summed E-state index contributed by atoms with van der Waals surface area (Å²) in [5.74, 6) is -8.73. The molecule has 0 saturated carbocycles. The molecule has 1 rings (SSSR count). The molecule has 1 atom stereocenters. The zero-order chi connectivity index (χ0) is 28.0. The van der Waals surface area contributed by atoms with Gasteiger partial charge in [0.05, 0.1) is 26.4 Å². The predicted octanol–water partition coefficient (Wildman–Crippen LogP) is 0.643. The van der Waals surface area contributed by atoms with Crippen LogP contribution in [-0.2, 0) is 47.7 Å². The second-order valence-corrected chi connectivity index (χ2v) is 7.89. The summed E-state index contributed by atoms with van der Waals surface area (Å²) in [4.78, 5) is 77.2. The molecule has 12 nitrogen and oxygen atoms in total. The Morgan fingerprint density at radius 1 is 0.676 bits per heavy atom. The molecule has 12 heteroatoms. The number of nitrogens with zero attached hydrogens (tertiary/aromatic N) is 2. The standard InChI is InChI=1S/C25H36N2O10/c1-6-34-22(30)20(23(31)35-7-2)18(28)10-12-26-14-15-27(17(5)16-26)13-11-19(29)21(24(32)36-8-3)25(33)37-9-4/h10-13,17,20-21H,6-9,14-16H2,1-5H3. The minimum Gasteiger partial charge on any atom is -0.465 e. The number of carbonyl (C=O) groups is 6. The summed E-state index contributed by atoms with van der Waals surface area (Å²) in [6.07, 6.45) is 5.28. The highest BCUT2D eigenvalue weighted by molar-refractivity contribution is 6.19. The van der Waals surface area contributed by atoms with Crippen LogP contribution in [0.5, 0.6) is 0 Å². The molecule has 1 fully saturated rings. The molecule has 0 aromatic rings. The molecule has 1 aliphatic rings. The predicted molar refractivity (Wildman–Crippen MR) is 130 cm³/mol. The van der Waals surface area contributed by atoms with Crippen LogP contribution in [0.2, 0.25) is 0 Å². The summed E-state index contributed by atoms with van der Waals surface area (Å²) in [6, 6.07) is -0.118. The fraction of sp³-hybridized carbons (Fsp3) is 0.600. The fourth-order valence-corrected chi connectivity index (χ4v) is 3.46. The minimum atomic E-state index is -1.69. The Hall–Kier alpha value is -3.70. The highest BCUT2D eigenvalue weighted by atomic mass is 16.6. The number of hydrogen-bond donors (Lipinski definition) is 0. The van der Waals surface area contributed by atoms with Crippen molar-refractivity contribution >= 4 is 35.4 Å². The van der Waals surface area contributed by atoms with Gasteiger partial charge in [-0.15, -0.1) is 0 Å². The minimum absolute atomic E-state index is 0.0150. The van der Waals surface area contributed by atoms with Crippen molar-refractivity contribution < 1.29 is 47.7 Å². The first-order valence-electron chi connectivity index (χ1n) is 12.2. The van der Waals surface area contributed by atoms with Crippen LogP contribution < -0.4 is 0 Å². The third-order valence-electron chi connectivity index (χ3n) is 5.25. The Bertz CT molecular complexity index is 862. The maximum Gasteiger partial charge on any atom is 0.328 e. The molecule has 1 unspecified atom stereocenters. The smallest absolute Gasteiger partial charge is 0.328 e. The van der Waals surface area contributed by atoms with E-state index in [-0.39, 0.29) is 32.5 Å². The largest absolute Gasteiger partial charge is 0.465 e. The molecule has 0 bridgehead atoms. The zero-order valence-electron chi connectivity index (χ0n) is 22.0. The monoisotopic (exact) mass is 524 g/mol. The lowest BCUT2D eigenvalue weighted by atomic mass is 10.0. The van der Waals surface area contributed by atoms with Crippen LogP contribution in [-0.4, -0.2) is 97.3 Å². The third-order valence-corrected chi connectivity index (χ3v) is 5.25. The molecule has 0 radical (unpaired) electrons. The second-order valence-electron chi connectivity index (χ2n) is 7.89. The molecule has 1 heterocycles. The average molecular weight is 525 g/mol. The van der Waals surface area contributed by atoms with E-state index in [0.717, 1.165) is 12.2 Å². The van der Waals surface area contributed by atoms with E-state index < -0.39 is 47.3 Å². The normalized spacial score (nSPS) is 15.8. The van der Waals surface area contributed by atoms with Gasteiger partial charge in [-0.05, 0) is 46.8 Å². The zero-order valence-corrected chi connectivity index (χ0v) is 22.0. The van der Waals surface area contributed by atoms with E-state index in [9.17, 15) is 28.8 Å². The molecular weight excluding hydrogens is 488 g/mol. The molecule has 1 aliphatic heterocycles. The van der Waals surface area contributed by atoms with Crippen molar-refractivity contribution in [1.82, 2.24) is 9.80 Å². The van der Waals surface area contributed by atoms with Gasteiger partial charge in [-0.1, -0.05) is 0 Å². The molecule has 0 aromatic heterocycles. The average Bonchev–Trinajstić information content (AvgIpc) is 2.83. The van der Waals surface area contributed by atoms with Gasteiger partial charge in [0.15, 0.2) is 11.6 Å². The molecule has 0 amide bonds. The summed E-state index contributed by atoms with van der Waals surface area (Å²) in [6.45, 7) is 9.56. The van der Waals surface area contributed by atoms with Crippen LogP contribution in [0.1, 0.15) is 34.6 Å². The van der Waals surface area contributed by atoms with Crippen LogP contribution in [0.3, 0.4) is 0 Å². The summed E-state index contributed by atoms with van der Waals surface area (Å²) in [5.41, 5.74) is 0. The maximum absolute atomic E-state index is 12.6. The van der Waals surface area contributed by atoms with Crippen molar-refractivity contribution in [3.05, 3.63) is 24.6 Å². The Balaban J connectivity index is 2.83. The lowest BCUT2D eigenvalue weighted by molar-refractivity contribution is -0.165. The van der Waals surface area contributed by atoms with E-state index >= 15 is 0 Å². The van der Waals surface area contributed by atoms with Gasteiger partial charge in [0.2, 0.25) is 11.8 Å². The van der Waals surface area contributed by atoms with Crippen molar-refractivity contribution in [3.63, 3.8) is 0 Å². The fourth-order valence-electron chi connectivity index (χ4n) is 3.46. The van der Waals surface area contributed by atoms with Crippen molar-refractivity contribution in [2.75, 3.05) is 46.1 Å². The van der Waals surface area contributed by atoms with E-state index in [1.165, 1.54) is 12.4 Å². The number of hydrogen-bond acceptors (Lipinski definition) is 12. The number of ether oxygens (including phenoxy) is 4. The van der Waals surface area contributed by atoms with Crippen molar-refractivity contribution in [1.29, 1.82) is 0 Å². The second kappa shape index (κ2) is 16.1. The van der Waals surface area contributed by atoms with Gasteiger partial charge in [-0.25, -0.2) is 0 Å². The first-order chi connectivity index (χ1) is 17.6. The van der Waals surface area contributed by atoms with Gasteiger partial charge in [0, 0.05) is 38.1 Å². The molecule has 206 valence electrons. The van der Waals surface area contributed by atoms with Crippen LogP contribution in [0.25, 0.3) is 0 Å².